The summed E-state index contributed by atoms with van der Waals surface area (Å²) in [4.78, 5) is 24.8. The first-order valence-corrected chi connectivity index (χ1v) is 12.0. The lowest BCUT2D eigenvalue weighted by atomic mass is 10.0. The van der Waals surface area contributed by atoms with E-state index in [9.17, 15) is 9.18 Å². The minimum atomic E-state index is -1.01. The van der Waals surface area contributed by atoms with Crippen LogP contribution in [0.15, 0.2) is 54.7 Å². The Balaban J connectivity index is 1.57. The highest BCUT2D eigenvalue weighted by atomic mass is 35.5. The number of nitrogens with zero attached hydrogens (tertiary/aromatic N) is 4. The summed E-state index contributed by atoms with van der Waals surface area (Å²) in [5.74, 6) is -0.535. The molecule has 0 spiro atoms. The minimum Gasteiger partial charge on any atom is -0.478 e. The van der Waals surface area contributed by atoms with E-state index in [1.165, 1.54) is 12.1 Å². The van der Waals surface area contributed by atoms with Crippen LogP contribution in [0.25, 0.3) is 17.2 Å². The number of likely N-dealkylation sites (N-methyl/N-ethyl adjacent to an activating group) is 1. The largest absolute Gasteiger partial charge is 0.478 e. The highest BCUT2D eigenvalue weighted by molar-refractivity contribution is 6.31. The Bertz CT molecular complexity index is 1250. The molecule has 2 heterocycles. The summed E-state index contributed by atoms with van der Waals surface area (Å²) >= 11 is 5.91. The van der Waals surface area contributed by atoms with Crippen LogP contribution >= 0.6 is 11.6 Å². The molecule has 0 aliphatic carbocycles. The van der Waals surface area contributed by atoms with Gasteiger partial charge in [0.1, 0.15) is 11.6 Å². The average molecular weight is 511 g/mol. The molecule has 1 fully saturated rings. The Morgan fingerprint density at radius 2 is 2.00 bits per heavy atom. The predicted molar refractivity (Wildman–Crippen MR) is 141 cm³/mol. The molecule has 1 aromatic heterocycles. The van der Waals surface area contributed by atoms with Crippen molar-refractivity contribution in [1.29, 1.82) is 0 Å². The quantitative estimate of drug-likeness (QED) is 0.364. The number of hydrogen-bond donors (Lipinski definition) is 3. The van der Waals surface area contributed by atoms with Gasteiger partial charge in [-0.05, 0) is 48.5 Å². The molecule has 0 radical (unpaired) electrons. The minimum absolute atomic E-state index is 0.00776. The fourth-order valence-corrected chi connectivity index (χ4v) is 4.05. The van der Waals surface area contributed by atoms with Crippen LogP contribution in [-0.4, -0.2) is 77.2 Å². The van der Waals surface area contributed by atoms with Gasteiger partial charge < -0.3 is 20.6 Å². The van der Waals surface area contributed by atoms with Crippen molar-refractivity contribution in [2.75, 3.05) is 56.9 Å². The number of rotatable bonds is 9. The van der Waals surface area contributed by atoms with Crippen LogP contribution < -0.4 is 10.6 Å². The van der Waals surface area contributed by atoms with E-state index in [1.807, 2.05) is 24.3 Å². The lowest BCUT2D eigenvalue weighted by molar-refractivity contribution is -0.131. The maximum atomic E-state index is 13.5. The van der Waals surface area contributed by atoms with Crippen LogP contribution in [-0.2, 0) is 4.79 Å². The van der Waals surface area contributed by atoms with E-state index in [1.54, 1.807) is 18.3 Å². The van der Waals surface area contributed by atoms with E-state index in [0.717, 1.165) is 55.5 Å². The first kappa shape index (κ1) is 25.6. The van der Waals surface area contributed by atoms with Gasteiger partial charge >= 0.3 is 5.97 Å². The number of piperazine rings is 1. The van der Waals surface area contributed by atoms with E-state index >= 15 is 0 Å². The molecule has 8 nitrogen and oxygen atoms in total. The predicted octanol–water partition coefficient (Wildman–Crippen LogP) is 4.44. The fraction of sp³-hybridized carbons (Fsp3) is 0.269. The number of aliphatic carboxylic acids is 1. The number of aromatic nitrogens is 2. The van der Waals surface area contributed by atoms with Gasteiger partial charge in [0.15, 0.2) is 0 Å². The van der Waals surface area contributed by atoms with Crippen LogP contribution in [0.5, 0.6) is 0 Å². The molecule has 4 rings (SSSR count). The molecule has 3 aromatic rings. The van der Waals surface area contributed by atoms with Crippen molar-refractivity contribution in [3.63, 3.8) is 0 Å². The van der Waals surface area contributed by atoms with Crippen molar-refractivity contribution >= 4 is 41.1 Å². The molecule has 0 atom stereocenters. The Kier molecular flexibility index (Phi) is 8.48. The monoisotopic (exact) mass is 510 g/mol. The summed E-state index contributed by atoms with van der Waals surface area (Å²) in [5.41, 5.74) is 2.95. The van der Waals surface area contributed by atoms with Gasteiger partial charge in [-0.2, -0.15) is 4.98 Å². The standard InChI is InChI=1S/C26H28ClFN6O2/c1-33-11-13-34(14-12-33)10-9-29-25-21(19-4-2-3-18(15-19)5-8-24(35)36)17-30-26(32-25)31-20-6-7-23(28)22(27)16-20/h2-8,15-17H,9-14H2,1H3,(H,35,36)(H2,29,30,31,32)/b8-5+. The van der Waals surface area contributed by atoms with Gasteiger partial charge in [-0.15, -0.1) is 0 Å². The van der Waals surface area contributed by atoms with Gasteiger partial charge in [0, 0.05) is 62.8 Å². The normalized spacial score (nSPS) is 14.8. The van der Waals surface area contributed by atoms with Crippen molar-refractivity contribution in [1.82, 2.24) is 19.8 Å². The molecular weight excluding hydrogens is 483 g/mol. The Morgan fingerprint density at radius 1 is 1.19 bits per heavy atom. The molecule has 2 aromatic carbocycles. The molecule has 0 amide bonds. The number of carboxylic acid groups (broad SMARTS) is 1. The zero-order valence-electron chi connectivity index (χ0n) is 19.9. The number of anilines is 3. The summed E-state index contributed by atoms with van der Waals surface area (Å²) in [7, 11) is 2.13. The van der Waals surface area contributed by atoms with E-state index in [4.69, 9.17) is 16.7 Å². The van der Waals surface area contributed by atoms with Crippen molar-refractivity contribution in [3.05, 3.63) is 71.1 Å². The molecule has 0 bridgehead atoms. The second-order valence-corrected chi connectivity index (χ2v) is 8.99. The van der Waals surface area contributed by atoms with Gasteiger partial charge in [0.05, 0.1) is 5.02 Å². The molecule has 3 N–H and O–H groups in total. The van der Waals surface area contributed by atoms with Crippen molar-refractivity contribution < 1.29 is 14.3 Å². The summed E-state index contributed by atoms with van der Waals surface area (Å²) in [6.45, 7) is 5.69. The van der Waals surface area contributed by atoms with Crippen LogP contribution in [0.4, 0.5) is 21.8 Å². The Labute approximate surface area is 214 Å². The second kappa shape index (κ2) is 11.9. The zero-order valence-corrected chi connectivity index (χ0v) is 20.7. The number of halogens is 2. The molecule has 0 saturated carbocycles. The van der Waals surface area contributed by atoms with E-state index in [0.29, 0.717) is 24.0 Å². The first-order chi connectivity index (χ1) is 17.4. The number of nitrogens with one attached hydrogen (secondary N) is 2. The van der Waals surface area contributed by atoms with Gasteiger partial charge in [-0.1, -0.05) is 29.8 Å². The van der Waals surface area contributed by atoms with Crippen molar-refractivity contribution in [2.45, 2.75) is 0 Å². The number of carboxylic acids is 1. The number of hydrogen-bond acceptors (Lipinski definition) is 7. The highest BCUT2D eigenvalue weighted by Crippen LogP contribution is 2.29. The van der Waals surface area contributed by atoms with Gasteiger partial charge in [-0.25, -0.2) is 14.2 Å². The topological polar surface area (TPSA) is 93.6 Å². The van der Waals surface area contributed by atoms with Gasteiger partial charge in [-0.3, -0.25) is 4.90 Å². The van der Waals surface area contributed by atoms with Crippen molar-refractivity contribution in [3.8, 4) is 11.1 Å². The van der Waals surface area contributed by atoms with Crippen molar-refractivity contribution in [2.24, 2.45) is 0 Å². The van der Waals surface area contributed by atoms with Crippen LogP contribution in [0.2, 0.25) is 5.02 Å². The fourth-order valence-electron chi connectivity index (χ4n) is 3.87. The Hall–Kier alpha value is -3.53. The number of carbonyl (C=O) groups is 1. The van der Waals surface area contributed by atoms with E-state index in [2.05, 4.69) is 37.4 Å². The summed E-state index contributed by atoms with van der Waals surface area (Å²) in [6.07, 6.45) is 4.35. The van der Waals surface area contributed by atoms with Gasteiger partial charge in [0.25, 0.3) is 0 Å². The van der Waals surface area contributed by atoms with Crippen LogP contribution in [0.1, 0.15) is 5.56 Å². The highest BCUT2D eigenvalue weighted by Gasteiger charge is 2.15. The molecule has 0 unspecified atom stereocenters. The summed E-state index contributed by atoms with van der Waals surface area (Å²) in [5, 5.41) is 15.5. The number of benzene rings is 2. The first-order valence-electron chi connectivity index (χ1n) is 11.6. The second-order valence-electron chi connectivity index (χ2n) is 8.58. The molecule has 1 aliphatic rings. The zero-order chi connectivity index (χ0) is 25.5. The van der Waals surface area contributed by atoms with Crippen LogP contribution in [0, 0.1) is 5.82 Å². The third-order valence-corrected chi connectivity index (χ3v) is 6.19. The molecular formula is C26H28ClFN6O2. The smallest absolute Gasteiger partial charge is 0.328 e. The summed E-state index contributed by atoms with van der Waals surface area (Å²) < 4.78 is 13.5. The lowest BCUT2D eigenvalue weighted by Crippen LogP contribution is -2.45. The van der Waals surface area contributed by atoms with Crippen LogP contribution in [0.3, 0.4) is 0 Å². The summed E-state index contributed by atoms with van der Waals surface area (Å²) in [6, 6.07) is 11.8. The maximum Gasteiger partial charge on any atom is 0.328 e. The lowest BCUT2D eigenvalue weighted by Gasteiger charge is -2.32. The third-order valence-electron chi connectivity index (χ3n) is 5.90. The maximum absolute atomic E-state index is 13.5. The Morgan fingerprint density at radius 3 is 2.75 bits per heavy atom. The van der Waals surface area contributed by atoms with Gasteiger partial charge in [0.2, 0.25) is 5.95 Å². The molecule has 10 heteroatoms. The van der Waals surface area contributed by atoms with E-state index in [-0.39, 0.29) is 5.02 Å². The molecule has 1 saturated heterocycles. The molecule has 188 valence electrons. The third kappa shape index (κ3) is 7.00. The molecule has 36 heavy (non-hydrogen) atoms. The SMILES string of the molecule is CN1CCN(CCNc2nc(Nc3ccc(F)c(Cl)c3)ncc2-c2cccc(/C=C/C(=O)O)c2)CC1. The van der Waals surface area contributed by atoms with E-state index < -0.39 is 11.8 Å². The average Bonchev–Trinajstić information content (AvgIpc) is 2.86. The molecule has 1 aliphatic heterocycles.